The highest BCUT2D eigenvalue weighted by Gasteiger charge is 2.46. The highest BCUT2D eigenvalue weighted by atomic mass is 32.1. The number of anilines is 1. The first-order valence-electron chi connectivity index (χ1n) is 8.53. The number of ether oxygens (including phenoxy) is 1. The number of nitrogens with zero attached hydrogens (tertiary/aromatic N) is 2. The molecule has 2 aliphatic rings. The molecule has 5 nitrogen and oxygen atoms in total. The van der Waals surface area contributed by atoms with Crippen LogP contribution in [0.25, 0.3) is 0 Å². The van der Waals surface area contributed by atoms with Gasteiger partial charge in [-0.3, -0.25) is 9.59 Å². The third-order valence-electron chi connectivity index (χ3n) is 4.99. The van der Waals surface area contributed by atoms with Crippen molar-refractivity contribution in [3.05, 3.63) is 52.5 Å². The van der Waals surface area contributed by atoms with Crippen LogP contribution in [-0.2, 0) is 20.7 Å². The van der Waals surface area contributed by atoms with Crippen molar-refractivity contribution < 1.29 is 18.7 Å². The number of hydrogen-bond donors (Lipinski definition) is 0. The van der Waals surface area contributed by atoms with Gasteiger partial charge in [0, 0.05) is 12.2 Å². The van der Waals surface area contributed by atoms with Gasteiger partial charge in [-0.1, -0.05) is 0 Å². The number of amides is 2. The Labute approximate surface area is 155 Å². The van der Waals surface area contributed by atoms with Gasteiger partial charge in [-0.15, -0.1) is 0 Å². The second-order valence-electron chi connectivity index (χ2n) is 6.80. The molecular weight excluding hydrogens is 355 g/mol. The predicted octanol–water partition coefficient (Wildman–Crippen LogP) is 2.46. The third kappa shape index (κ3) is 3.37. The molecule has 0 aliphatic carbocycles. The molecule has 2 fully saturated rings. The van der Waals surface area contributed by atoms with Gasteiger partial charge in [0.1, 0.15) is 18.0 Å². The minimum atomic E-state index is -0.549. The van der Waals surface area contributed by atoms with Crippen LogP contribution in [0.5, 0.6) is 0 Å². The lowest BCUT2D eigenvalue weighted by atomic mass is 10.00. The number of carbonyl (C=O) groups excluding carboxylic acids is 2. The van der Waals surface area contributed by atoms with Gasteiger partial charge in [-0.05, 0) is 53.1 Å². The molecule has 1 unspecified atom stereocenters. The molecule has 26 heavy (non-hydrogen) atoms. The van der Waals surface area contributed by atoms with Gasteiger partial charge in [-0.25, -0.2) is 4.39 Å². The molecule has 4 rings (SSSR count). The molecule has 2 aliphatic heterocycles. The fraction of sp³-hybridized carbons (Fsp3) is 0.368. The van der Waals surface area contributed by atoms with E-state index in [0.29, 0.717) is 38.2 Å². The number of benzene rings is 1. The molecule has 136 valence electrons. The Morgan fingerprint density at radius 1 is 1.23 bits per heavy atom. The molecule has 2 aromatic rings. The van der Waals surface area contributed by atoms with Gasteiger partial charge in [0.15, 0.2) is 0 Å². The first-order valence-corrected chi connectivity index (χ1v) is 9.48. The van der Waals surface area contributed by atoms with E-state index in [2.05, 4.69) is 0 Å². The molecule has 0 radical (unpaired) electrons. The van der Waals surface area contributed by atoms with Crippen LogP contribution in [0.3, 0.4) is 0 Å². The van der Waals surface area contributed by atoms with Crippen LogP contribution < -0.4 is 4.90 Å². The lowest BCUT2D eigenvalue weighted by Gasteiger charge is -2.40. The maximum atomic E-state index is 13.2. The molecule has 0 saturated carbocycles. The molecule has 2 saturated heterocycles. The van der Waals surface area contributed by atoms with E-state index in [1.807, 2.05) is 21.7 Å². The summed E-state index contributed by atoms with van der Waals surface area (Å²) in [6.45, 7) is 1.44. The SMILES string of the molecule is O=C(Cc1ccsc1)N1CCC2(C1)CN(c1ccc(F)cc1)C(=O)CO2. The summed E-state index contributed by atoms with van der Waals surface area (Å²) in [6.07, 6.45) is 1.08. The zero-order valence-electron chi connectivity index (χ0n) is 14.2. The summed E-state index contributed by atoms with van der Waals surface area (Å²) in [5.41, 5.74) is 1.13. The number of rotatable bonds is 3. The number of carbonyl (C=O) groups is 2. The average Bonchev–Trinajstić information content (AvgIpc) is 3.29. The van der Waals surface area contributed by atoms with Crippen molar-refractivity contribution in [2.75, 3.05) is 31.1 Å². The summed E-state index contributed by atoms with van der Waals surface area (Å²) >= 11 is 1.58. The Kier molecular flexibility index (Phi) is 4.50. The minimum absolute atomic E-state index is 0.0239. The number of morpholine rings is 1. The second kappa shape index (κ2) is 6.81. The highest BCUT2D eigenvalue weighted by molar-refractivity contribution is 7.08. The van der Waals surface area contributed by atoms with Gasteiger partial charge < -0.3 is 14.5 Å². The molecule has 7 heteroatoms. The highest BCUT2D eigenvalue weighted by Crippen LogP contribution is 2.32. The Balaban J connectivity index is 1.46. The van der Waals surface area contributed by atoms with Gasteiger partial charge in [-0.2, -0.15) is 11.3 Å². The molecule has 0 bridgehead atoms. The largest absolute Gasteiger partial charge is 0.361 e. The van der Waals surface area contributed by atoms with Gasteiger partial charge in [0.25, 0.3) is 5.91 Å². The molecular formula is C19H19FN2O3S. The van der Waals surface area contributed by atoms with Gasteiger partial charge >= 0.3 is 0 Å². The van der Waals surface area contributed by atoms with Crippen molar-refractivity contribution in [1.82, 2.24) is 4.90 Å². The van der Waals surface area contributed by atoms with E-state index in [-0.39, 0.29) is 24.2 Å². The minimum Gasteiger partial charge on any atom is -0.361 e. The first-order chi connectivity index (χ1) is 12.5. The van der Waals surface area contributed by atoms with Crippen LogP contribution in [0, 0.1) is 5.82 Å². The lowest BCUT2D eigenvalue weighted by molar-refractivity contribution is -0.139. The van der Waals surface area contributed by atoms with E-state index < -0.39 is 5.60 Å². The van der Waals surface area contributed by atoms with Crippen LogP contribution in [0.2, 0.25) is 0 Å². The molecule has 3 heterocycles. The standard InChI is InChI=1S/C19H19FN2O3S/c20-15-1-3-16(4-2-15)22-13-19(25-10-18(22)24)6-7-21(12-19)17(23)9-14-5-8-26-11-14/h1-5,8,11H,6-7,9-10,12-13H2. The van der Waals surface area contributed by atoms with Crippen molar-refractivity contribution in [2.45, 2.75) is 18.4 Å². The van der Waals surface area contributed by atoms with Gasteiger partial charge in [0.2, 0.25) is 5.91 Å². The Hall–Kier alpha value is -2.25. The molecule has 0 N–H and O–H groups in total. The zero-order valence-corrected chi connectivity index (χ0v) is 15.0. The molecule has 1 atom stereocenters. The van der Waals surface area contributed by atoms with Gasteiger partial charge in [0.05, 0.1) is 19.5 Å². The van der Waals surface area contributed by atoms with Crippen molar-refractivity contribution >= 4 is 28.8 Å². The van der Waals surface area contributed by atoms with E-state index in [9.17, 15) is 14.0 Å². The fourth-order valence-corrected chi connectivity index (χ4v) is 4.22. The first kappa shape index (κ1) is 17.2. The van der Waals surface area contributed by atoms with E-state index in [1.54, 1.807) is 28.4 Å². The summed E-state index contributed by atoms with van der Waals surface area (Å²) in [7, 11) is 0. The monoisotopic (exact) mass is 374 g/mol. The van der Waals surface area contributed by atoms with Crippen molar-refractivity contribution in [3.8, 4) is 0 Å². The number of thiophene rings is 1. The van der Waals surface area contributed by atoms with Crippen LogP contribution >= 0.6 is 11.3 Å². The summed E-state index contributed by atoms with van der Waals surface area (Å²) in [5, 5.41) is 3.94. The number of halogens is 1. The molecule has 1 spiro atoms. The van der Waals surface area contributed by atoms with E-state index in [0.717, 1.165) is 5.56 Å². The van der Waals surface area contributed by atoms with Crippen LogP contribution in [-0.4, -0.2) is 48.6 Å². The molecule has 2 amide bonds. The lowest BCUT2D eigenvalue weighted by Crippen LogP contribution is -2.56. The van der Waals surface area contributed by atoms with Crippen LogP contribution in [0.1, 0.15) is 12.0 Å². The van der Waals surface area contributed by atoms with Crippen molar-refractivity contribution in [1.29, 1.82) is 0 Å². The summed E-state index contributed by atoms with van der Waals surface area (Å²) in [6, 6.07) is 7.84. The maximum Gasteiger partial charge on any atom is 0.253 e. The molecule has 1 aromatic carbocycles. The number of hydrogen-bond acceptors (Lipinski definition) is 4. The molecule has 1 aromatic heterocycles. The fourth-order valence-electron chi connectivity index (χ4n) is 3.56. The Bertz CT molecular complexity index is 809. The number of likely N-dealkylation sites (tertiary alicyclic amines) is 1. The Morgan fingerprint density at radius 3 is 2.77 bits per heavy atom. The van der Waals surface area contributed by atoms with E-state index in [1.165, 1.54) is 12.1 Å². The average molecular weight is 374 g/mol. The van der Waals surface area contributed by atoms with Crippen molar-refractivity contribution in [3.63, 3.8) is 0 Å². The summed E-state index contributed by atoms with van der Waals surface area (Å²) < 4.78 is 19.0. The van der Waals surface area contributed by atoms with E-state index >= 15 is 0 Å². The zero-order chi connectivity index (χ0) is 18.1. The predicted molar refractivity (Wildman–Crippen MR) is 96.7 cm³/mol. The Morgan fingerprint density at radius 2 is 2.04 bits per heavy atom. The topological polar surface area (TPSA) is 49.9 Å². The summed E-state index contributed by atoms with van der Waals surface area (Å²) in [5.74, 6) is -0.408. The maximum absolute atomic E-state index is 13.2. The van der Waals surface area contributed by atoms with Crippen molar-refractivity contribution in [2.24, 2.45) is 0 Å². The normalized spacial score (nSPS) is 23.0. The summed E-state index contributed by atoms with van der Waals surface area (Å²) in [4.78, 5) is 28.3. The quantitative estimate of drug-likeness (QED) is 0.829. The smallest absolute Gasteiger partial charge is 0.253 e. The van der Waals surface area contributed by atoms with Crippen LogP contribution in [0.4, 0.5) is 10.1 Å². The van der Waals surface area contributed by atoms with E-state index in [4.69, 9.17) is 4.74 Å². The second-order valence-corrected chi connectivity index (χ2v) is 7.58. The third-order valence-corrected chi connectivity index (χ3v) is 5.72. The van der Waals surface area contributed by atoms with Crippen LogP contribution in [0.15, 0.2) is 41.1 Å².